The number of hydrogen-bond acceptors (Lipinski definition) is 2. The first-order valence-electron chi connectivity index (χ1n) is 6.02. The quantitative estimate of drug-likeness (QED) is 0.919. The minimum atomic E-state index is -0.415. The SMILES string of the molecule is Cc1nn(C)c(C)c1CNC(=O)c1cccc(F)c1. The van der Waals surface area contributed by atoms with E-state index in [1.807, 2.05) is 20.9 Å². The number of aryl methyl sites for hydroxylation is 2. The highest BCUT2D eigenvalue weighted by Crippen LogP contribution is 2.11. The lowest BCUT2D eigenvalue weighted by atomic mass is 10.1. The zero-order chi connectivity index (χ0) is 14.0. The maximum absolute atomic E-state index is 13.0. The van der Waals surface area contributed by atoms with Crippen LogP contribution >= 0.6 is 0 Å². The Morgan fingerprint density at radius 2 is 2.16 bits per heavy atom. The summed E-state index contributed by atoms with van der Waals surface area (Å²) in [4.78, 5) is 11.9. The van der Waals surface area contributed by atoms with Crippen LogP contribution in [0.1, 0.15) is 27.3 Å². The van der Waals surface area contributed by atoms with Crippen molar-refractivity contribution in [3.63, 3.8) is 0 Å². The third-order valence-corrected chi connectivity index (χ3v) is 3.17. The van der Waals surface area contributed by atoms with Crippen LogP contribution < -0.4 is 5.32 Å². The fraction of sp³-hybridized carbons (Fsp3) is 0.286. The highest BCUT2D eigenvalue weighted by molar-refractivity contribution is 5.94. The number of carbonyl (C=O) groups excluding carboxylic acids is 1. The molecule has 1 N–H and O–H groups in total. The summed E-state index contributed by atoms with van der Waals surface area (Å²) in [5, 5.41) is 7.06. The molecule has 2 aromatic rings. The van der Waals surface area contributed by atoms with Gasteiger partial charge in [-0.05, 0) is 32.0 Å². The van der Waals surface area contributed by atoms with E-state index in [9.17, 15) is 9.18 Å². The van der Waals surface area contributed by atoms with Gasteiger partial charge in [-0.1, -0.05) is 6.07 Å². The largest absolute Gasteiger partial charge is 0.348 e. The maximum Gasteiger partial charge on any atom is 0.251 e. The molecule has 19 heavy (non-hydrogen) atoms. The predicted molar refractivity (Wildman–Crippen MR) is 70.3 cm³/mol. The Morgan fingerprint density at radius 3 is 2.74 bits per heavy atom. The maximum atomic E-state index is 13.0. The molecule has 0 saturated heterocycles. The van der Waals surface area contributed by atoms with E-state index in [1.54, 1.807) is 10.7 Å². The zero-order valence-electron chi connectivity index (χ0n) is 11.2. The van der Waals surface area contributed by atoms with Gasteiger partial charge in [0.25, 0.3) is 5.91 Å². The number of nitrogens with zero attached hydrogens (tertiary/aromatic N) is 2. The van der Waals surface area contributed by atoms with Gasteiger partial charge in [-0.2, -0.15) is 5.10 Å². The minimum absolute atomic E-state index is 0.290. The molecule has 0 fully saturated rings. The van der Waals surface area contributed by atoms with Crippen molar-refractivity contribution in [2.24, 2.45) is 7.05 Å². The van der Waals surface area contributed by atoms with E-state index in [0.717, 1.165) is 17.0 Å². The molecule has 0 spiro atoms. The third-order valence-electron chi connectivity index (χ3n) is 3.17. The van der Waals surface area contributed by atoms with Crippen molar-refractivity contribution in [1.29, 1.82) is 0 Å². The molecule has 1 aromatic carbocycles. The van der Waals surface area contributed by atoms with Crippen molar-refractivity contribution < 1.29 is 9.18 Å². The molecular weight excluding hydrogens is 245 g/mol. The molecule has 0 radical (unpaired) electrons. The number of rotatable bonds is 3. The number of halogens is 1. The molecule has 0 aliphatic heterocycles. The minimum Gasteiger partial charge on any atom is -0.348 e. The average Bonchev–Trinajstić information content (AvgIpc) is 2.61. The average molecular weight is 261 g/mol. The first-order valence-corrected chi connectivity index (χ1v) is 6.02. The van der Waals surface area contributed by atoms with Crippen LogP contribution in [0.25, 0.3) is 0 Å². The van der Waals surface area contributed by atoms with E-state index in [-0.39, 0.29) is 5.91 Å². The lowest BCUT2D eigenvalue weighted by molar-refractivity contribution is 0.0950. The van der Waals surface area contributed by atoms with E-state index in [2.05, 4.69) is 10.4 Å². The summed E-state index contributed by atoms with van der Waals surface area (Å²) in [6, 6.07) is 5.64. The highest BCUT2D eigenvalue weighted by Gasteiger charge is 2.11. The summed E-state index contributed by atoms with van der Waals surface area (Å²) < 4.78 is 14.8. The molecule has 0 aliphatic rings. The van der Waals surface area contributed by atoms with Crippen molar-refractivity contribution in [1.82, 2.24) is 15.1 Å². The number of carbonyl (C=O) groups is 1. The Balaban J connectivity index is 2.09. The molecule has 0 saturated carbocycles. The first-order chi connectivity index (χ1) is 8.99. The van der Waals surface area contributed by atoms with Crippen LogP contribution in [0.15, 0.2) is 24.3 Å². The van der Waals surface area contributed by atoms with Gasteiger partial charge < -0.3 is 5.32 Å². The fourth-order valence-corrected chi connectivity index (χ4v) is 1.97. The number of amides is 1. The zero-order valence-corrected chi connectivity index (χ0v) is 11.2. The second kappa shape index (κ2) is 5.22. The molecule has 1 aromatic heterocycles. The van der Waals surface area contributed by atoms with Gasteiger partial charge in [0.1, 0.15) is 5.82 Å². The predicted octanol–water partition coefficient (Wildman–Crippen LogP) is 2.11. The molecule has 0 unspecified atom stereocenters. The molecule has 0 atom stereocenters. The number of hydrogen-bond donors (Lipinski definition) is 1. The van der Waals surface area contributed by atoms with Gasteiger partial charge in [-0.3, -0.25) is 9.48 Å². The number of aromatic nitrogens is 2. The molecule has 0 bridgehead atoms. The second-order valence-corrected chi connectivity index (χ2v) is 4.47. The molecule has 1 heterocycles. The topological polar surface area (TPSA) is 46.9 Å². The molecular formula is C14H16FN3O. The van der Waals surface area contributed by atoms with Crippen LogP contribution in [-0.2, 0) is 13.6 Å². The van der Waals surface area contributed by atoms with Gasteiger partial charge >= 0.3 is 0 Å². The summed E-state index contributed by atoms with van der Waals surface area (Å²) in [5.74, 6) is -0.705. The number of nitrogens with one attached hydrogen (secondary N) is 1. The van der Waals surface area contributed by atoms with Gasteiger partial charge in [-0.15, -0.1) is 0 Å². The molecule has 1 amide bonds. The van der Waals surface area contributed by atoms with E-state index in [1.165, 1.54) is 18.2 Å². The normalized spacial score (nSPS) is 10.5. The first kappa shape index (κ1) is 13.3. The Labute approximate surface area is 111 Å². The Kier molecular flexibility index (Phi) is 3.64. The summed E-state index contributed by atoms with van der Waals surface area (Å²) in [6.07, 6.45) is 0. The van der Waals surface area contributed by atoms with Gasteiger partial charge in [-0.25, -0.2) is 4.39 Å². The van der Waals surface area contributed by atoms with Gasteiger partial charge in [0.2, 0.25) is 0 Å². The van der Waals surface area contributed by atoms with E-state index >= 15 is 0 Å². The van der Waals surface area contributed by atoms with Crippen LogP contribution in [0.3, 0.4) is 0 Å². The van der Waals surface area contributed by atoms with Crippen LogP contribution in [0.2, 0.25) is 0 Å². The molecule has 100 valence electrons. The van der Waals surface area contributed by atoms with Gasteiger partial charge in [0, 0.05) is 30.4 Å². The van der Waals surface area contributed by atoms with Crippen LogP contribution in [0.4, 0.5) is 4.39 Å². The smallest absolute Gasteiger partial charge is 0.251 e. The summed E-state index contributed by atoms with van der Waals surface area (Å²) in [7, 11) is 1.86. The van der Waals surface area contributed by atoms with Crippen LogP contribution in [0, 0.1) is 19.7 Å². The Hall–Kier alpha value is -2.17. The lowest BCUT2D eigenvalue weighted by Crippen LogP contribution is -2.23. The highest BCUT2D eigenvalue weighted by atomic mass is 19.1. The van der Waals surface area contributed by atoms with E-state index in [4.69, 9.17) is 0 Å². The molecule has 4 nitrogen and oxygen atoms in total. The van der Waals surface area contributed by atoms with Crippen LogP contribution in [-0.4, -0.2) is 15.7 Å². The van der Waals surface area contributed by atoms with Crippen molar-refractivity contribution >= 4 is 5.91 Å². The molecule has 5 heteroatoms. The molecule has 2 rings (SSSR count). The fourth-order valence-electron chi connectivity index (χ4n) is 1.97. The third kappa shape index (κ3) is 2.81. The monoisotopic (exact) mass is 261 g/mol. The van der Waals surface area contributed by atoms with Crippen LogP contribution in [0.5, 0.6) is 0 Å². The standard InChI is InChI=1S/C14H16FN3O/c1-9-13(10(2)18(3)17-9)8-16-14(19)11-5-4-6-12(15)7-11/h4-7H,8H2,1-3H3,(H,16,19). The van der Waals surface area contributed by atoms with E-state index < -0.39 is 5.82 Å². The van der Waals surface area contributed by atoms with Crippen molar-refractivity contribution in [2.75, 3.05) is 0 Å². The Morgan fingerprint density at radius 1 is 1.42 bits per heavy atom. The Bertz CT molecular complexity index is 619. The summed E-state index contributed by atoms with van der Waals surface area (Å²) >= 11 is 0. The van der Waals surface area contributed by atoms with Gasteiger partial charge in [0.15, 0.2) is 0 Å². The number of benzene rings is 1. The van der Waals surface area contributed by atoms with Crippen molar-refractivity contribution in [3.8, 4) is 0 Å². The van der Waals surface area contributed by atoms with Gasteiger partial charge in [0.05, 0.1) is 5.69 Å². The summed E-state index contributed by atoms with van der Waals surface area (Å²) in [5.41, 5.74) is 3.21. The van der Waals surface area contributed by atoms with Crippen molar-refractivity contribution in [2.45, 2.75) is 20.4 Å². The second-order valence-electron chi connectivity index (χ2n) is 4.47. The van der Waals surface area contributed by atoms with E-state index in [0.29, 0.717) is 12.1 Å². The molecule has 0 aliphatic carbocycles. The summed E-state index contributed by atoms with van der Waals surface area (Å²) in [6.45, 7) is 4.24. The van der Waals surface area contributed by atoms with Crippen molar-refractivity contribution in [3.05, 3.63) is 52.6 Å². The lowest BCUT2D eigenvalue weighted by Gasteiger charge is -2.06.